The third-order valence-electron chi connectivity index (χ3n) is 4.66. The SMILES string of the molecule is COc1ccccc1-n1c(/C=C/c2ccc([N+](=O)[O-])cc2)nc2ccccc2c1=O. The topological polar surface area (TPSA) is 87.3 Å². The van der Waals surface area contributed by atoms with E-state index in [9.17, 15) is 14.9 Å². The van der Waals surface area contributed by atoms with Crippen molar-refractivity contribution in [2.45, 2.75) is 0 Å². The summed E-state index contributed by atoms with van der Waals surface area (Å²) in [5, 5.41) is 11.3. The highest BCUT2D eigenvalue weighted by molar-refractivity contribution is 5.80. The van der Waals surface area contributed by atoms with Gasteiger partial charge in [0.25, 0.3) is 11.2 Å². The zero-order chi connectivity index (χ0) is 21.1. The molecule has 0 saturated carbocycles. The molecule has 0 amide bonds. The lowest BCUT2D eigenvalue weighted by molar-refractivity contribution is -0.384. The second-order valence-electron chi connectivity index (χ2n) is 6.48. The number of methoxy groups -OCH3 is 1. The zero-order valence-electron chi connectivity index (χ0n) is 16.1. The molecule has 7 heteroatoms. The van der Waals surface area contributed by atoms with E-state index < -0.39 is 4.92 Å². The first kappa shape index (κ1) is 19.1. The Morgan fingerprint density at radius 3 is 2.40 bits per heavy atom. The fourth-order valence-electron chi connectivity index (χ4n) is 3.19. The number of fused-ring (bicyclic) bond motifs is 1. The molecule has 0 aliphatic carbocycles. The van der Waals surface area contributed by atoms with Crippen molar-refractivity contribution >= 4 is 28.7 Å². The van der Waals surface area contributed by atoms with Crippen molar-refractivity contribution in [3.8, 4) is 11.4 Å². The first-order valence-electron chi connectivity index (χ1n) is 9.16. The monoisotopic (exact) mass is 399 g/mol. The van der Waals surface area contributed by atoms with Gasteiger partial charge in [-0.2, -0.15) is 0 Å². The van der Waals surface area contributed by atoms with Gasteiger partial charge in [-0.15, -0.1) is 0 Å². The molecule has 0 unspecified atom stereocenters. The van der Waals surface area contributed by atoms with Gasteiger partial charge in [-0.05, 0) is 48.0 Å². The van der Waals surface area contributed by atoms with Crippen LogP contribution in [0.1, 0.15) is 11.4 Å². The fourth-order valence-corrected chi connectivity index (χ4v) is 3.19. The summed E-state index contributed by atoms with van der Waals surface area (Å²) in [7, 11) is 1.55. The van der Waals surface area contributed by atoms with Gasteiger partial charge in [-0.25, -0.2) is 4.98 Å². The van der Waals surface area contributed by atoms with Gasteiger partial charge < -0.3 is 4.74 Å². The average molecular weight is 399 g/mol. The number of nitro groups is 1. The zero-order valence-corrected chi connectivity index (χ0v) is 16.1. The van der Waals surface area contributed by atoms with Crippen molar-refractivity contribution in [3.63, 3.8) is 0 Å². The minimum absolute atomic E-state index is 0.0157. The molecule has 0 atom stereocenters. The molecule has 0 saturated heterocycles. The van der Waals surface area contributed by atoms with Crippen molar-refractivity contribution in [2.75, 3.05) is 7.11 Å². The maximum atomic E-state index is 13.3. The van der Waals surface area contributed by atoms with Crippen LogP contribution < -0.4 is 10.3 Å². The van der Waals surface area contributed by atoms with E-state index in [0.717, 1.165) is 5.56 Å². The third-order valence-corrected chi connectivity index (χ3v) is 4.66. The summed E-state index contributed by atoms with van der Waals surface area (Å²) in [5.41, 5.74) is 1.70. The van der Waals surface area contributed by atoms with E-state index in [1.54, 1.807) is 61.7 Å². The standard InChI is InChI=1S/C23H17N3O4/c1-30-21-9-5-4-8-20(21)25-22(24-19-7-3-2-6-18(19)23(25)27)15-12-16-10-13-17(14-11-16)26(28)29/h2-15H,1H3/b15-12+. The number of hydrogen-bond acceptors (Lipinski definition) is 5. The lowest BCUT2D eigenvalue weighted by atomic mass is 10.2. The molecule has 0 aliphatic heterocycles. The molecule has 0 spiro atoms. The molecule has 0 bridgehead atoms. The van der Waals surface area contributed by atoms with Gasteiger partial charge >= 0.3 is 0 Å². The van der Waals surface area contributed by atoms with Crippen LogP contribution in [-0.4, -0.2) is 21.6 Å². The van der Waals surface area contributed by atoms with Crippen LogP contribution in [-0.2, 0) is 0 Å². The lowest BCUT2D eigenvalue weighted by Gasteiger charge is -2.14. The highest BCUT2D eigenvalue weighted by Gasteiger charge is 2.14. The van der Waals surface area contributed by atoms with Crippen LogP contribution in [0.25, 0.3) is 28.7 Å². The Hall–Kier alpha value is -4.26. The molecule has 4 rings (SSSR count). The van der Waals surface area contributed by atoms with Crippen LogP contribution >= 0.6 is 0 Å². The second kappa shape index (κ2) is 8.00. The molecule has 7 nitrogen and oxygen atoms in total. The van der Waals surface area contributed by atoms with Gasteiger partial charge in [0.2, 0.25) is 0 Å². The van der Waals surface area contributed by atoms with Crippen LogP contribution in [0.5, 0.6) is 5.75 Å². The van der Waals surface area contributed by atoms with Crippen molar-refractivity contribution in [1.29, 1.82) is 0 Å². The number of nitro benzene ring substituents is 1. The van der Waals surface area contributed by atoms with E-state index in [4.69, 9.17) is 4.74 Å². The Morgan fingerprint density at radius 1 is 0.967 bits per heavy atom. The molecule has 1 heterocycles. The Kier molecular flexibility index (Phi) is 5.09. The number of non-ortho nitro benzene ring substituents is 1. The van der Waals surface area contributed by atoms with Gasteiger partial charge in [0.05, 0.1) is 28.6 Å². The normalized spacial score (nSPS) is 11.1. The van der Waals surface area contributed by atoms with Crippen LogP contribution in [0.3, 0.4) is 0 Å². The summed E-state index contributed by atoms with van der Waals surface area (Å²) >= 11 is 0. The second-order valence-corrected chi connectivity index (χ2v) is 6.48. The average Bonchev–Trinajstić information content (AvgIpc) is 2.78. The highest BCUT2D eigenvalue weighted by atomic mass is 16.6. The predicted molar refractivity (Wildman–Crippen MR) is 116 cm³/mol. The number of nitrogens with zero attached hydrogens (tertiary/aromatic N) is 3. The van der Waals surface area contributed by atoms with Crippen LogP contribution in [0.4, 0.5) is 5.69 Å². The van der Waals surface area contributed by atoms with Crippen molar-refractivity contribution < 1.29 is 9.66 Å². The summed E-state index contributed by atoms with van der Waals surface area (Å²) in [6.07, 6.45) is 3.47. The lowest BCUT2D eigenvalue weighted by Crippen LogP contribution is -2.22. The molecular formula is C23H17N3O4. The quantitative estimate of drug-likeness (QED) is 0.365. The Morgan fingerprint density at radius 2 is 1.67 bits per heavy atom. The molecule has 1 aromatic heterocycles. The van der Waals surface area contributed by atoms with E-state index in [2.05, 4.69) is 4.98 Å². The number of aromatic nitrogens is 2. The smallest absolute Gasteiger partial charge is 0.269 e. The molecule has 30 heavy (non-hydrogen) atoms. The van der Waals surface area contributed by atoms with Crippen LogP contribution in [0, 0.1) is 10.1 Å². The first-order valence-corrected chi connectivity index (χ1v) is 9.16. The van der Waals surface area contributed by atoms with Gasteiger partial charge in [0, 0.05) is 12.1 Å². The molecule has 0 radical (unpaired) electrons. The van der Waals surface area contributed by atoms with Crippen molar-refractivity contribution in [1.82, 2.24) is 9.55 Å². The van der Waals surface area contributed by atoms with E-state index in [-0.39, 0.29) is 11.2 Å². The summed E-state index contributed by atoms with van der Waals surface area (Å²) in [5.74, 6) is 0.961. The minimum Gasteiger partial charge on any atom is -0.495 e. The van der Waals surface area contributed by atoms with Crippen molar-refractivity contribution in [3.05, 3.63) is 105 Å². The van der Waals surface area contributed by atoms with Gasteiger partial charge in [0.1, 0.15) is 11.6 Å². The Bertz CT molecular complexity index is 1320. The third kappa shape index (κ3) is 3.56. The Balaban J connectivity index is 1.90. The number of para-hydroxylation sites is 3. The molecule has 0 aliphatic rings. The molecular weight excluding hydrogens is 382 g/mol. The van der Waals surface area contributed by atoms with E-state index in [1.165, 1.54) is 16.7 Å². The summed E-state index contributed by atoms with van der Waals surface area (Å²) in [6.45, 7) is 0. The van der Waals surface area contributed by atoms with Gasteiger partial charge in [0.15, 0.2) is 0 Å². The number of hydrogen-bond donors (Lipinski definition) is 0. The Labute approximate surface area is 171 Å². The first-order chi connectivity index (χ1) is 14.6. The molecule has 148 valence electrons. The molecule has 3 aromatic carbocycles. The van der Waals surface area contributed by atoms with E-state index in [1.807, 2.05) is 18.2 Å². The number of rotatable bonds is 5. The fraction of sp³-hybridized carbons (Fsp3) is 0.0435. The highest BCUT2D eigenvalue weighted by Crippen LogP contribution is 2.24. The summed E-state index contributed by atoms with van der Waals surface area (Å²) in [4.78, 5) is 28.4. The van der Waals surface area contributed by atoms with Gasteiger partial charge in [-0.3, -0.25) is 19.5 Å². The van der Waals surface area contributed by atoms with E-state index in [0.29, 0.717) is 28.2 Å². The molecule has 0 fully saturated rings. The molecule has 4 aromatic rings. The van der Waals surface area contributed by atoms with Crippen LogP contribution in [0.2, 0.25) is 0 Å². The van der Waals surface area contributed by atoms with Crippen LogP contribution in [0.15, 0.2) is 77.6 Å². The number of benzene rings is 3. The maximum absolute atomic E-state index is 13.3. The molecule has 0 N–H and O–H groups in total. The largest absolute Gasteiger partial charge is 0.495 e. The predicted octanol–water partition coefficient (Wildman–Crippen LogP) is 4.47. The van der Waals surface area contributed by atoms with Crippen molar-refractivity contribution in [2.24, 2.45) is 0 Å². The van der Waals surface area contributed by atoms with E-state index >= 15 is 0 Å². The summed E-state index contributed by atoms with van der Waals surface area (Å²) in [6, 6.07) is 20.5. The number of ether oxygens (including phenoxy) is 1. The summed E-state index contributed by atoms with van der Waals surface area (Å²) < 4.78 is 6.95. The minimum atomic E-state index is -0.447. The maximum Gasteiger partial charge on any atom is 0.269 e. The van der Waals surface area contributed by atoms with Gasteiger partial charge in [-0.1, -0.05) is 30.3 Å².